The van der Waals surface area contributed by atoms with Crippen molar-refractivity contribution in [3.05, 3.63) is 11.5 Å². The fraction of sp³-hybridized carbons (Fsp3) is 0.600. The molecule has 4 nitrogen and oxygen atoms in total. The number of hydrogen-bond donors (Lipinski definition) is 4. The molecule has 0 aliphatic carbocycles. The molecule has 4 heteroatoms. The number of aliphatic hydroxyl groups excluding tert-OH is 4. The predicted molar refractivity (Wildman–Crippen MR) is 31.1 cm³/mol. The SMILES string of the molecule is C/C(O)=C(\O)C(O)CO. The van der Waals surface area contributed by atoms with Crippen LogP contribution in [0.3, 0.4) is 0 Å². The molecule has 1 unspecified atom stereocenters. The van der Waals surface area contributed by atoms with Gasteiger partial charge in [-0.3, -0.25) is 0 Å². The smallest absolute Gasteiger partial charge is 0.160 e. The van der Waals surface area contributed by atoms with Crippen molar-refractivity contribution in [1.29, 1.82) is 0 Å². The Bertz CT molecular complexity index is 114. The normalized spacial score (nSPS) is 16.8. The van der Waals surface area contributed by atoms with Gasteiger partial charge in [0, 0.05) is 0 Å². The van der Waals surface area contributed by atoms with Gasteiger partial charge >= 0.3 is 0 Å². The van der Waals surface area contributed by atoms with Crippen LogP contribution in [0.25, 0.3) is 0 Å². The van der Waals surface area contributed by atoms with E-state index < -0.39 is 18.5 Å². The molecule has 0 rings (SSSR count). The summed E-state index contributed by atoms with van der Waals surface area (Å²) in [5, 5.41) is 33.9. The molecule has 4 N–H and O–H groups in total. The van der Waals surface area contributed by atoms with Gasteiger partial charge in [-0.1, -0.05) is 0 Å². The molecular formula is C5H10O4. The minimum absolute atomic E-state index is 0.378. The molecule has 0 spiro atoms. The van der Waals surface area contributed by atoms with Crippen LogP contribution in [0.4, 0.5) is 0 Å². The van der Waals surface area contributed by atoms with Crippen molar-refractivity contribution in [3.8, 4) is 0 Å². The summed E-state index contributed by atoms with van der Waals surface area (Å²) in [4.78, 5) is 0. The minimum Gasteiger partial charge on any atom is -0.509 e. The number of hydrogen-bond acceptors (Lipinski definition) is 4. The molecule has 0 aliphatic heterocycles. The van der Waals surface area contributed by atoms with Crippen molar-refractivity contribution in [2.75, 3.05) is 6.61 Å². The molecule has 0 heterocycles. The highest BCUT2D eigenvalue weighted by molar-refractivity contribution is 5.00. The summed E-state index contributed by atoms with van der Waals surface area (Å²) >= 11 is 0. The zero-order valence-corrected chi connectivity index (χ0v) is 5.07. The topological polar surface area (TPSA) is 80.9 Å². The van der Waals surface area contributed by atoms with Crippen LogP contribution < -0.4 is 0 Å². The average Bonchev–Trinajstić information content (AvgIpc) is 1.84. The van der Waals surface area contributed by atoms with Gasteiger partial charge in [0.05, 0.1) is 6.61 Å². The second kappa shape index (κ2) is 3.32. The average molecular weight is 134 g/mol. The molecular weight excluding hydrogens is 124 g/mol. The largest absolute Gasteiger partial charge is 0.509 e. The molecule has 0 aromatic carbocycles. The molecule has 0 saturated carbocycles. The van der Waals surface area contributed by atoms with E-state index in [9.17, 15) is 0 Å². The molecule has 0 amide bonds. The Morgan fingerprint density at radius 3 is 2.00 bits per heavy atom. The molecule has 0 radical (unpaired) electrons. The van der Waals surface area contributed by atoms with Crippen LogP contribution in [0.1, 0.15) is 6.92 Å². The lowest BCUT2D eigenvalue weighted by molar-refractivity contribution is 0.0796. The van der Waals surface area contributed by atoms with E-state index >= 15 is 0 Å². The molecule has 9 heavy (non-hydrogen) atoms. The number of allylic oxidation sites excluding steroid dienone is 1. The lowest BCUT2D eigenvalue weighted by Crippen LogP contribution is -2.16. The van der Waals surface area contributed by atoms with Gasteiger partial charge in [0.15, 0.2) is 5.76 Å². The first-order valence-corrected chi connectivity index (χ1v) is 2.47. The van der Waals surface area contributed by atoms with Crippen LogP contribution in [-0.4, -0.2) is 33.1 Å². The van der Waals surface area contributed by atoms with E-state index in [2.05, 4.69) is 0 Å². The fourth-order valence-corrected chi connectivity index (χ4v) is 0.328. The zero-order chi connectivity index (χ0) is 7.44. The van der Waals surface area contributed by atoms with Crippen LogP contribution in [0.5, 0.6) is 0 Å². The monoisotopic (exact) mass is 134 g/mol. The first-order chi connectivity index (χ1) is 4.09. The van der Waals surface area contributed by atoms with Crippen LogP contribution in [0.15, 0.2) is 11.5 Å². The highest BCUT2D eigenvalue weighted by Gasteiger charge is 2.09. The van der Waals surface area contributed by atoms with Gasteiger partial charge in [-0.25, -0.2) is 0 Å². The Hall–Kier alpha value is -0.740. The van der Waals surface area contributed by atoms with E-state index in [1.165, 1.54) is 6.92 Å². The van der Waals surface area contributed by atoms with Crippen LogP contribution >= 0.6 is 0 Å². The van der Waals surface area contributed by atoms with Gasteiger partial charge in [-0.2, -0.15) is 0 Å². The second-order valence-corrected chi connectivity index (χ2v) is 1.67. The quantitative estimate of drug-likeness (QED) is 0.390. The Morgan fingerprint density at radius 1 is 1.44 bits per heavy atom. The summed E-state index contributed by atoms with van der Waals surface area (Å²) in [6.45, 7) is 0.623. The third-order valence-electron chi connectivity index (χ3n) is 0.859. The maximum absolute atomic E-state index is 8.61. The second-order valence-electron chi connectivity index (χ2n) is 1.67. The van der Waals surface area contributed by atoms with Crippen molar-refractivity contribution < 1.29 is 20.4 Å². The lowest BCUT2D eigenvalue weighted by Gasteiger charge is -2.05. The van der Waals surface area contributed by atoms with E-state index in [1.807, 2.05) is 0 Å². The predicted octanol–water partition coefficient (Wildman–Crippen LogP) is -0.313. The van der Waals surface area contributed by atoms with Crippen LogP contribution in [0, 0.1) is 0 Å². The Kier molecular flexibility index (Phi) is 3.05. The Morgan fingerprint density at radius 2 is 1.89 bits per heavy atom. The van der Waals surface area contributed by atoms with Crippen molar-refractivity contribution in [1.82, 2.24) is 0 Å². The third kappa shape index (κ3) is 2.34. The molecule has 1 atom stereocenters. The summed E-state index contributed by atoms with van der Waals surface area (Å²) in [5.74, 6) is -0.964. The highest BCUT2D eigenvalue weighted by Crippen LogP contribution is 2.00. The van der Waals surface area contributed by atoms with Crippen molar-refractivity contribution in [3.63, 3.8) is 0 Å². The molecule has 0 aliphatic rings. The maximum atomic E-state index is 8.61. The van der Waals surface area contributed by atoms with Gasteiger partial charge in [-0.05, 0) is 6.92 Å². The maximum Gasteiger partial charge on any atom is 0.160 e. The van der Waals surface area contributed by atoms with Crippen molar-refractivity contribution in [2.24, 2.45) is 0 Å². The van der Waals surface area contributed by atoms with Crippen molar-refractivity contribution in [2.45, 2.75) is 13.0 Å². The van der Waals surface area contributed by atoms with E-state index in [0.29, 0.717) is 0 Å². The standard InChI is InChI=1S/C5H10O4/c1-3(7)5(9)4(8)2-6/h4,6-9H,2H2,1H3/b5-3+. The first kappa shape index (κ1) is 8.26. The van der Waals surface area contributed by atoms with E-state index in [4.69, 9.17) is 20.4 Å². The van der Waals surface area contributed by atoms with Gasteiger partial charge in [-0.15, -0.1) is 0 Å². The molecule has 0 saturated heterocycles. The number of rotatable bonds is 2. The van der Waals surface area contributed by atoms with Gasteiger partial charge in [0.2, 0.25) is 0 Å². The third-order valence-corrected chi connectivity index (χ3v) is 0.859. The van der Waals surface area contributed by atoms with Crippen LogP contribution in [-0.2, 0) is 0 Å². The zero-order valence-electron chi connectivity index (χ0n) is 5.07. The van der Waals surface area contributed by atoms with Gasteiger partial charge < -0.3 is 20.4 Å². The molecule has 0 fully saturated rings. The number of aliphatic hydroxyl groups is 4. The molecule has 0 bridgehead atoms. The molecule has 54 valence electrons. The first-order valence-electron chi connectivity index (χ1n) is 2.47. The van der Waals surface area contributed by atoms with Gasteiger partial charge in [0.25, 0.3) is 0 Å². The van der Waals surface area contributed by atoms with E-state index in [-0.39, 0.29) is 5.76 Å². The van der Waals surface area contributed by atoms with Gasteiger partial charge in [0.1, 0.15) is 11.9 Å². The van der Waals surface area contributed by atoms with E-state index in [1.54, 1.807) is 0 Å². The Balaban J connectivity index is 4.02. The summed E-state index contributed by atoms with van der Waals surface area (Å²) < 4.78 is 0. The summed E-state index contributed by atoms with van der Waals surface area (Å²) in [7, 11) is 0. The molecule has 0 aromatic heterocycles. The highest BCUT2D eigenvalue weighted by atomic mass is 16.4. The van der Waals surface area contributed by atoms with Crippen LogP contribution in [0.2, 0.25) is 0 Å². The lowest BCUT2D eigenvalue weighted by atomic mass is 10.3. The summed E-state index contributed by atoms with van der Waals surface area (Å²) in [6.07, 6.45) is -1.37. The van der Waals surface area contributed by atoms with E-state index in [0.717, 1.165) is 0 Å². The van der Waals surface area contributed by atoms with Crippen molar-refractivity contribution >= 4 is 0 Å². The molecule has 0 aromatic rings. The Labute approximate surface area is 52.7 Å². The minimum atomic E-state index is -1.37. The summed E-state index contributed by atoms with van der Waals surface area (Å²) in [5.41, 5.74) is 0. The fourth-order valence-electron chi connectivity index (χ4n) is 0.328. The summed E-state index contributed by atoms with van der Waals surface area (Å²) in [6, 6.07) is 0.